The second-order valence-corrected chi connectivity index (χ2v) is 4.95. The third-order valence-corrected chi connectivity index (χ3v) is 4.13. The Balaban J connectivity index is 0.000000514. The van der Waals surface area contributed by atoms with Crippen LogP contribution in [0.25, 0.3) is 0 Å². The second kappa shape index (κ2) is 4.78. The first kappa shape index (κ1) is 12.6. The maximum Gasteiger partial charge on any atom is 0.147 e. The molecule has 1 saturated heterocycles. The Bertz CT molecular complexity index is 366. The molecule has 2 aliphatic rings. The zero-order valence-electron chi connectivity index (χ0n) is 11.1. The van der Waals surface area contributed by atoms with E-state index in [0.29, 0.717) is 0 Å². The molecule has 1 aromatic rings. The molecular formula is C13H23N3O. The predicted molar refractivity (Wildman–Crippen MR) is 67.9 cm³/mol. The number of nitrogens with two attached hydrogens (primary N) is 1. The Hall–Kier alpha value is -0.870. The molecule has 2 heterocycles. The van der Waals surface area contributed by atoms with Gasteiger partial charge in [0.05, 0.1) is 6.20 Å². The molecule has 1 spiro atoms. The number of aromatic nitrogens is 1. The number of nitrogens with zero attached hydrogens (tertiary/aromatic N) is 2. The number of hydrogen-bond acceptors (Lipinski definition) is 4. The van der Waals surface area contributed by atoms with E-state index in [1.807, 2.05) is 20.0 Å². The lowest BCUT2D eigenvalue weighted by molar-refractivity contribution is 0.144. The van der Waals surface area contributed by atoms with Gasteiger partial charge in [-0.1, -0.05) is 19.0 Å². The molecule has 2 N–H and O–H groups in total. The highest BCUT2D eigenvalue weighted by atomic mass is 16.5. The van der Waals surface area contributed by atoms with Crippen LogP contribution in [0.2, 0.25) is 0 Å². The van der Waals surface area contributed by atoms with E-state index < -0.39 is 0 Å². The van der Waals surface area contributed by atoms with Crippen molar-refractivity contribution in [2.45, 2.75) is 44.6 Å². The SMILES string of the molecule is CC.CN1CCC2(CC1)c1oncc1CC2N. The minimum absolute atomic E-state index is 0.0817. The van der Waals surface area contributed by atoms with Crippen LogP contribution >= 0.6 is 0 Å². The molecule has 0 amide bonds. The normalized spacial score (nSPS) is 26.5. The number of piperidine rings is 1. The van der Waals surface area contributed by atoms with Gasteiger partial charge in [0.15, 0.2) is 0 Å². The van der Waals surface area contributed by atoms with Gasteiger partial charge >= 0.3 is 0 Å². The van der Waals surface area contributed by atoms with Crippen LogP contribution in [0.15, 0.2) is 10.7 Å². The van der Waals surface area contributed by atoms with Gasteiger partial charge in [-0.05, 0) is 39.4 Å². The fraction of sp³-hybridized carbons (Fsp3) is 0.769. The third-order valence-electron chi connectivity index (χ3n) is 4.13. The van der Waals surface area contributed by atoms with E-state index in [1.54, 1.807) is 0 Å². The quantitative estimate of drug-likeness (QED) is 0.744. The summed E-state index contributed by atoms with van der Waals surface area (Å²) in [6, 6.07) is 0.225. The lowest BCUT2D eigenvalue weighted by Gasteiger charge is -2.39. The Morgan fingerprint density at radius 2 is 2.06 bits per heavy atom. The maximum absolute atomic E-state index is 6.28. The summed E-state index contributed by atoms with van der Waals surface area (Å²) >= 11 is 0. The van der Waals surface area contributed by atoms with Crippen LogP contribution in [0.4, 0.5) is 0 Å². The molecule has 0 bridgehead atoms. The van der Waals surface area contributed by atoms with E-state index in [2.05, 4.69) is 17.1 Å². The molecule has 4 heteroatoms. The van der Waals surface area contributed by atoms with E-state index in [9.17, 15) is 0 Å². The van der Waals surface area contributed by atoms with Crippen molar-refractivity contribution in [3.8, 4) is 0 Å². The first-order valence-corrected chi connectivity index (χ1v) is 6.60. The Labute approximate surface area is 103 Å². The zero-order chi connectivity index (χ0) is 12.5. The van der Waals surface area contributed by atoms with Crippen LogP contribution in [0.3, 0.4) is 0 Å². The average molecular weight is 237 g/mol. The molecule has 17 heavy (non-hydrogen) atoms. The first-order chi connectivity index (χ1) is 8.22. The molecular weight excluding hydrogens is 214 g/mol. The van der Waals surface area contributed by atoms with E-state index in [0.717, 1.165) is 38.1 Å². The molecule has 0 aromatic carbocycles. The van der Waals surface area contributed by atoms with Crippen LogP contribution in [0.1, 0.15) is 38.0 Å². The summed E-state index contributed by atoms with van der Waals surface area (Å²) in [5.41, 5.74) is 7.59. The smallest absolute Gasteiger partial charge is 0.147 e. The topological polar surface area (TPSA) is 55.3 Å². The van der Waals surface area contributed by atoms with Crippen LogP contribution in [0.5, 0.6) is 0 Å². The summed E-state index contributed by atoms with van der Waals surface area (Å²) < 4.78 is 5.43. The van der Waals surface area contributed by atoms with Crippen molar-refractivity contribution >= 4 is 0 Å². The van der Waals surface area contributed by atoms with Crippen molar-refractivity contribution in [2.24, 2.45) is 5.73 Å². The van der Waals surface area contributed by atoms with Crippen LogP contribution in [-0.2, 0) is 11.8 Å². The van der Waals surface area contributed by atoms with Gasteiger partial charge < -0.3 is 15.2 Å². The minimum atomic E-state index is 0.0817. The van der Waals surface area contributed by atoms with Crippen molar-refractivity contribution in [3.05, 3.63) is 17.5 Å². The van der Waals surface area contributed by atoms with Crippen molar-refractivity contribution in [2.75, 3.05) is 20.1 Å². The van der Waals surface area contributed by atoms with Crippen molar-refractivity contribution in [3.63, 3.8) is 0 Å². The molecule has 1 fully saturated rings. The van der Waals surface area contributed by atoms with Gasteiger partial charge in [0, 0.05) is 17.0 Å². The van der Waals surface area contributed by atoms with Gasteiger partial charge in [-0.2, -0.15) is 0 Å². The fourth-order valence-corrected chi connectivity index (χ4v) is 3.03. The lowest BCUT2D eigenvalue weighted by atomic mass is 9.74. The molecule has 1 unspecified atom stereocenters. The summed E-state index contributed by atoms with van der Waals surface area (Å²) in [5, 5.41) is 3.90. The summed E-state index contributed by atoms with van der Waals surface area (Å²) in [6.07, 6.45) is 4.98. The molecule has 96 valence electrons. The molecule has 1 atom stereocenters. The molecule has 0 radical (unpaired) electrons. The Kier molecular flexibility index (Phi) is 3.54. The van der Waals surface area contributed by atoms with Gasteiger partial charge in [0.25, 0.3) is 0 Å². The number of rotatable bonds is 0. The number of fused-ring (bicyclic) bond motifs is 2. The van der Waals surface area contributed by atoms with Crippen molar-refractivity contribution < 1.29 is 4.52 Å². The minimum Gasteiger partial charge on any atom is -0.360 e. The highest BCUT2D eigenvalue weighted by Gasteiger charge is 2.49. The number of likely N-dealkylation sites (tertiary alicyclic amines) is 1. The Morgan fingerprint density at radius 1 is 1.41 bits per heavy atom. The fourth-order valence-electron chi connectivity index (χ4n) is 3.03. The highest BCUT2D eigenvalue weighted by Crippen LogP contribution is 2.45. The molecule has 0 saturated carbocycles. The van der Waals surface area contributed by atoms with Gasteiger partial charge in [0.1, 0.15) is 5.76 Å². The average Bonchev–Trinajstić information content (AvgIpc) is 2.89. The molecule has 3 rings (SSSR count). The molecule has 1 aliphatic heterocycles. The summed E-state index contributed by atoms with van der Waals surface area (Å²) in [5.74, 6) is 1.07. The van der Waals surface area contributed by atoms with Crippen molar-refractivity contribution in [1.82, 2.24) is 10.1 Å². The Morgan fingerprint density at radius 3 is 2.71 bits per heavy atom. The summed E-state index contributed by atoms with van der Waals surface area (Å²) in [7, 11) is 2.16. The van der Waals surface area contributed by atoms with E-state index >= 15 is 0 Å². The van der Waals surface area contributed by atoms with Gasteiger partial charge in [-0.15, -0.1) is 0 Å². The van der Waals surface area contributed by atoms with Gasteiger partial charge in [0.2, 0.25) is 0 Å². The van der Waals surface area contributed by atoms with E-state index in [1.165, 1.54) is 5.56 Å². The van der Waals surface area contributed by atoms with E-state index in [-0.39, 0.29) is 11.5 Å². The summed E-state index contributed by atoms with van der Waals surface area (Å²) in [4.78, 5) is 2.35. The third kappa shape index (κ3) is 1.89. The number of hydrogen-bond donors (Lipinski definition) is 1. The van der Waals surface area contributed by atoms with Crippen LogP contribution < -0.4 is 5.73 Å². The standard InChI is InChI=1S/C11H17N3O.C2H6/c1-14-4-2-11(3-5-14)9(12)6-8-7-13-15-10(8)11;1-2/h7,9H,2-6,12H2,1H3;1-2H3. The van der Waals surface area contributed by atoms with Gasteiger partial charge in [-0.3, -0.25) is 0 Å². The lowest BCUT2D eigenvalue weighted by Crippen LogP contribution is -2.49. The molecule has 4 nitrogen and oxygen atoms in total. The predicted octanol–water partition coefficient (Wildman–Crippen LogP) is 1.55. The monoisotopic (exact) mass is 237 g/mol. The van der Waals surface area contributed by atoms with Crippen molar-refractivity contribution in [1.29, 1.82) is 0 Å². The first-order valence-electron chi connectivity index (χ1n) is 6.60. The van der Waals surface area contributed by atoms with Gasteiger partial charge in [-0.25, -0.2) is 0 Å². The molecule has 1 aliphatic carbocycles. The zero-order valence-corrected chi connectivity index (χ0v) is 11.1. The van der Waals surface area contributed by atoms with Crippen LogP contribution in [-0.4, -0.2) is 36.2 Å². The highest BCUT2D eigenvalue weighted by molar-refractivity contribution is 5.34. The van der Waals surface area contributed by atoms with E-state index in [4.69, 9.17) is 10.3 Å². The van der Waals surface area contributed by atoms with Crippen LogP contribution in [0, 0.1) is 0 Å². The maximum atomic E-state index is 6.28. The molecule has 1 aromatic heterocycles. The summed E-state index contributed by atoms with van der Waals surface area (Å²) in [6.45, 7) is 6.21. The second-order valence-electron chi connectivity index (χ2n) is 4.95. The largest absolute Gasteiger partial charge is 0.360 e.